The van der Waals surface area contributed by atoms with Gasteiger partial charge in [0.2, 0.25) is 0 Å². The van der Waals surface area contributed by atoms with Crippen molar-refractivity contribution in [1.82, 2.24) is 10.4 Å². The average molecular weight is 317 g/mol. The summed E-state index contributed by atoms with van der Waals surface area (Å²) in [5, 5.41) is 3.81. The smallest absolute Gasteiger partial charge is 0.349 e. The lowest BCUT2D eigenvalue weighted by Crippen LogP contribution is -2.25. The van der Waals surface area contributed by atoms with E-state index in [4.69, 9.17) is 10.2 Å². The summed E-state index contributed by atoms with van der Waals surface area (Å²) in [5.74, 6) is 0. The first-order chi connectivity index (χ1) is 10.5. The van der Waals surface area contributed by atoms with Gasteiger partial charge in [-0.2, -0.15) is 10.1 Å². The third-order valence-corrected chi connectivity index (χ3v) is 2.76. The van der Waals surface area contributed by atoms with Crippen LogP contribution in [-0.2, 0) is 0 Å². The van der Waals surface area contributed by atoms with Crippen molar-refractivity contribution in [2.75, 3.05) is 19.0 Å². The Kier molecular flexibility index (Phi) is 4.84. The average Bonchev–Trinajstić information content (AvgIpc) is 2.49. The number of nitrogens with zero attached hydrogens (tertiary/aromatic N) is 3. The predicted octanol–water partition coefficient (Wildman–Crippen LogP) is 0.935. The van der Waals surface area contributed by atoms with E-state index in [1.807, 2.05) is 30.3 Å². The number of thiocarbonyl (C=S) groups is 1. The highest BCUT2D eigenvalue weighted by Gasteiger charge is 2.15. The topological polar surface area (TPSA) is 96.8 Å². The number of nitrogens with two attached hydrogens (primary N) is 1. The highest BCUT2D eigenvalue weighted by Crippen LogP contribution is 2.20. The molecule has 0 saturated heterocycles. The minimum Gasteiger partial charge on any atom is -0.388 e. The Morgan fingerprint density at radius 3 is 2.68 bits per heavy atom. The van der Waals surface area contributed by atoms with Crippen molar-refractivity contribution in [3.63, 3.8) is 0 Å². The molecule has 1 aromatic carbocycles. The van der Waals surface area contributed by atoms with Gasteiger partial charge in [-0.1, -0.05) is 30.3 Å². The molecule has 1 heterocycles. The van der Waals surface area contributed by atoms with Crippen LogP contribution >= 0.6 is 12.2 Å². The Balaban J connectivity index is 2.58. The predicted molar refractivity (Wildman–Crippen MR) is 90.1 cm³/mol. The van der Waals surface area contributed by atoms with E-state index < -0.39 is 5.63 Å². The van der Waals surface area contributed by atoms with Crippen LogP contribution in [0.1, 0.15) is 5.56 Å². The standard InChI is InChI=1S/C14H15N5O2S/c1-19(2)14-17-11(9-6-4-3-5-7-9)10(12(20)21-14)8-16-18-13(15)22/h3-8H,1-2H3,(H3,15,18,22)/b16-8+. The Morgan fingerprint density at radius 2 is 2.09 bits per heavy atom. The number of hydrogen-bond acceptors (Lipinski definition) is 6. The maximum absolute atomic E-state index is 12.2. The van der Waals surface area contributed by atoms with Crippen LogP contribution in [0.15, 0.2) is 44.6 Å². The maximum Gasteiger partial charge on any atom is 0.349 e. The van der Waals surface area contributed by atoms with Gasteiger partial charge in [0.1, 0.15) is 5.56 Å². The Morgan fingerprint density at radius 1 is 1.41 bits per heavy atom. The van der Waals surface area contributed by atoms with Crippen LogP contribution in [0.5, 0.6) is 0 Å². The Hall–Kier alpha value is -2.74. The van der Waals surface area contributed by atoms with E-state index in [9.17, 15) is 4.79 Å². The fourth-order valence-electron chi connectivity index (χ4n) is 1.69. The largest absolute Gasteiger partial charge is 0.388 e. The van der Waals surface area contributed by atoms with E-state index in [0.29, 0.717) is 5.69 Å². The van der Waals surface area contributed by atoms with Crippen molar-refractivity contribution in [2.45, 2.75) is 0 Å². The van der Waals surface area contributed by atoms with Gasteiger partial charge < -0.3 is 15.1 Å². The fraction of sp³-hybridized carbons (Fsp3) is 0.143. The lowest BCUT2D eigenvalue weighted by Gasteiger charge is -2.11. The van der Waals surface area contributed by atoms with Crippen molar-refractivity contribution in [3.8, 4) is 11.3 Å². The molecule has 1 aromatic heterocycles. The molecule has 0 unspecified atom stereocenters. The number of nitrogens with one attached hydrogen (secondary N) is 1. The van der Waals surface area contributed by atoms with Crippen LogP contribution in [0.2, 0.25) is 0 Å². The van der Waals surface area contributed by atoms with Gasteiger partial charge in [0.25, 0.3) is 6.01 Å². The van der Waals surface area contributed by atoms with E-state index >= 15 is 0 Å². The molecule has 0 bridgehead atoms. The first kappa shape index (κ1) is 15.6. The van der Waals surface area contributed by atoms with Crippen molar-refractivity contribution in [3.05, 3.63) is 46.3 Å². The molecular formula is C14H15N5O2S. The lowest BCUT2D eigenvalue weighted by molar-refractivity contribution is 0.492. The number of rotatable bonds is 4. The van der Waals surface area contributed by atoms with E-state index in [2.05, 4.69) is 27.7 Å². The summed E-state index contributed by atoms with van der Waals surface area (Å²) in [6, 6.07) is 9.50. The summed E-state index contributed by atoms with van der Waals surface area (Å²) in [7, 11) is 3.48. The highest BCUT2D eigenvalue weighted by molar-refractivity contribution is 7.80. The number of benzene rings is 1. The van der Waals surface area contributed by atoms with Crippen LogP contribution in [0.3, 0.4) is 0 Å². The molecule has 7 nitrogen and oxygen atoms in total. The van der Waals surface area contributed by atoms with Crippen LogP contribution in [0.4, 0.5) is 6.01 Å². The van der Waals surface area contributed by atoms with Gasteiger partial charge in [-0.05, 0) is 12.2 Å². The van der Waals surface area contributed by atoms with Gasteiger partial charge in [-0.25, -0.2) is 4.79 Å². The SMILES string of the molecule is CN(C)c1nc(-c2ccccc2)c(/C=N/NC(N)=S)c(=O)o1. The van der Waals surface area contributed by atoms with Crippen molar-refractivity contribution in [2.24, 2.45) is 10.8 Å². The summed E-state index contributed by atoms with van der Waals surface area (Å²) < 4.78 is 5.17. The first-order valence-corrected chi connectivity index (χ1v) is 6.76. The molecule has 2 aromatic rings. The third-order valence-electron chi connectivity index (χ3n) is 2.66. The van der Waals surface area contributed by atoms with Gasteiger partial charge in [0, 0.05) is 19.7 Å². The molecule has 0 spiro atoms. The Labute approximate surface area is 132 Å². The molecule has 2 rings (SSSR count). The van der Waals surface area contributed by atoms with E-state index in [-0.39, 0.29) is 16.7 Å². The van der Waals surface area contributed by atoms with Crippen LogP contribution in [0, 0.1) is 0 Å². The van der Waals surface area contributed by atoms with Gasteiger partial charge in [-0.3, -0.25) is 5.43 Å². The Bertz CT molecular complexity index is 756. The van der Waals surface area contributed by atoms with Crippen LogP contribution in [-0.4, -0.2) is 30.4 Å². The number of hydrogen-bond donors (Lipinski definition) is 2. The summed E-state index contributed by atoms with van der Waals surface area (Å²) in [4.78, 5) is 18.2. The van der Waals surface area contributed by atoms with Gasteiger partial charge in [0.05, 0.1) is 11.9 Å². The molecule has 0 aliphatic heterocycles. The second-order valence-corrected chi connectivity index (χ2v) is 4.98. The zero-order chi connectivity index (χ0) is 16.1. The zero-order valence-electron chi connectivity index (χ0n) is 12.1. The molecule has 8 heteroatoms. The molecule has 0 aliphatic rings. The summed E-state index contributed by atoms with van der Waals surface area (Å²) in [6.45, 7) is 0. The molecular weight excluding hydrogens is 302 g/mol. The number of anilines is 1. The number of aromatic nitrogens is 1. The quantitative estimate of drug-likeness (QED) is 0.492. The molecule has 0 saturated carbocycles. The second-order valence-electron chi connectivity index (χ2n) is 4.54. The lowest BCUT2D eigenvalue weighted by atomic mass is 10.1. The monoisotopic (exact) mass is 317 g/mol. The van der Waals surface area contributed by atoms with E-state index in [1.165, 1.54) is 6.21 Å². The van der Waals surface area contributed by atoms with E-state index in [0.717, 1.165) is 5.56 Å². The maximum atomic E-state index is 12.2. The molecule has 3 N–H and O–H groups in total. The first-order valence-electron chi connectivity index (χ1n) is 6.35. The third kappa shape index (κ3) is 3.67. The zero-order valence-corrected chi connectivity index (χ0v) is 12.9. The minimum atomic E-state index is -0.550. The van der Waals surface area contributed by atoms with Gasteiger partial charge in [0.15, 0.2) is 5.11 Å². The minimum absolute atomic E-state index is 0.000213. The highest BCUT2D eigenvalue weighted by atomic mass is 32.1. The summed E-state index contributed by atoms with van der Waals surface area (Å²) in [5.41, 5.74) is 8.59. The summed E-state index contributed by atoms with van der Waals surface area (Å²) in [6.07, 6.45) is 1.29. The van der Waals surface area contributed by atoms with Crippen molar-refractivity contribution in [1.29, 1.82) is 0 Å². The van der Waals surface area contributed by atoms with Crippen LogP contribution < -0.4 is 21.7 Å². The second kappa shape index (κ2) is 6.81. The molecule has 0 amide bonds. The summed E-state index contributed by atoms with van der Waals surface area (Å²) >= 11 is 4.65. The molecule has 22 heavy (non-hydrogen) atoms. The normalized spacial score (nSPS) is 10.6. The molecule has 0 radical (unpaired) electrons. The fourth-order valence-corrected chi connectivity index (χ4v) is 1.75. The van der Waals surface area contributed by atoms with Crippen LogP contribution in [0.25, 0.3) is 11.3 Å². The molecule has 0 fully saturated rings. The molecule has 0 atom stereocenters. The number of hydrazone groups is 1. The van der Waals surface area contributed by atoms with Crippen molar-refractivity contribution < 1.29 is 4.42 Å². The van der Waals surface area contributed by atoms with Gasteiger partial charge >= 0.3 is 5.63 Å². The van der Waals surface area contributed by atoms with E-state index in [1.54, 1.807) is 19.0 Å². The molecule has 0 aliphatic carbocycles. The molecule has 114 valence electrons. The van der Waals surface area contributed by atoms with Crippen molar-refractivity contribution >= 4 is 29.6 Å². The van der Waals surface area contributed by atoms with Gasteiger partial charge in [-0.15, -0.1) is 0 Å².